The fourth-order valence-corrected chi connectivity index (χ4v) is 2.25. The predicted octanol–water partition coefficient (Wildman–Crippen LogP) is 1.24. The summed E-state index contributed by atoms with van der Waals surface area (Å²) in [6.45, 7) is 3.28. The van der Waals surface area contributed by atoms with Crippen molar-refractivity contribution in [2.45, 2.75) is 37.8 Å². The summed E-state index contributed by atoms with van der Waals surface area (Å²) in [5, 5.41) is 3.00. The lowest BCUT2D eigenvalue weighted by Crippen LogP contribution is -2.52. The third-order valence-corrected chi connectivity index (χ3v) is 3.57. The molecule has 1 unspecified atom stereocenters. The van der Waals surface area contributed by atoms with Crippen molar-refractivity contribution in [3.8, 4) is 0 Å². The van der Waals surface area contributed by atoms with E-state index in [0.29, 0.717) is 19.6 Å². The molecule has 2 atom stereocenters. The first-order valence-corrected chi connectivity index (χ1v) is 6.78. The maximum absolute atomic E-state index is 12.0. The lowest BCUT2D eigenvalue weighted by atomic mass is 10.00. The zero-order valence-electron chi connectivity index (χ0n) is 11.4. The van der Waals surface area contributed by atoms with Crippen molar-refractivity contribution in [3.63, 3.8) is 0 Å². The number of ether oxygens (including phenoxy) is 1. The average Bonchev–Trinajstić information content (AvgIpc) is 2.83. The number of nitrogens with two attached hydrogens (primary N) is 1. The number of amides is 1. The molecule has 1 saturated heterocycles. The summed E-state index contributed by atoms with van der Waals surface area (Å²) in [7, 11) is 0. The third-order valence-electron chi connectivity index (χ3n) is 3.57. The van der Waals surface area contributed by atoms with Gasteiger partial charge in [-0.25, -0.2) is 0 Å². The Kier molecular flexibility index (Phi) is 4.56. The number of nitrogens with one attached hydrogen (secondary N) is 1. The van der Waals surface area contributed by atoms with E-state index in [0.717, 1.165) is 12.8 Å². The van der Waals surface area contributed by atoms with Gasteiger partial charge < -0.3 is 15.8 Å². The van der Waals surface area contributed by atoms with Crippen LogP contribution in [-0.4, -0.2) is 30.7 Å². The maximum Gasteiger partial charge on any atom is 0.237 e. The van der Waals surface area contributed by atoms with Crippen LogP contribution >= 0.6 is 0 Å². The van der Waals surface area contributed by atoms with Crippen molar-refractivity contribution in [2.24, 2.45) is 5.73 Å². The van der Waals surface area contributed by atoms with Gasteiger partial charge in [-0.3, -0.25) is 4.79 Å². The highest BCUT2D eigenvalue weighted by Crippen LogP contribution is 2.17. The number of carbonyl (C=O) groups is 1. The van der Waals surface area contributed by atoms with Gasteiger partial charge in [0, 0.05) is 6.61 Å². The molecule has 1 aliphatic rings. The fourth-order valence-electron chi connectivity index (χ4n) is 2.25. The molecule has 1 heterocycles. The molecule has 0 saturated carbocycles. The highest BCUT2D eigenvalue weighted by molar-refractivity contribution is 5.82. The quantitative estimate of drug-likeness (QED) is 0.839. The number of rotatable bonds is 5. The van der Waals surface area contributed by atoms with Crippen LogP contribution in [0.25, 0.3) is 0 Å². The largest absolute Gasteiger partial charge is 0.379 e. The Hall–Kier alpha value is -1.39. The van der Waals surface area contributed by atoms with Crippen molar-refractivity contribution in [2.75, 3.05) is 13.2 Å². The molecule has 1 aromatic rings. The van der Waals surface area contributed by atoms with Crippen LogP contribution in [0.1, 0.15) is 25.3 Å². The Bertz CT molecular complexity index is 413. The topological polar surface area (TPSA) is 64.4 Å². The van der Waals surface area contributed by atoms with E-state index < -0.39 is 6.04 Å². The van der Waals surface area contributed by atoms with Gasteiger partial charge in [-0.2, -0.15) is 0 Å². The number of benzene rings is 1. The molecule has 0 aromatic heterocycles. The Morgan fingerprint density at radius 2 is 2.21 bits per heavy atom. The van der Waals surface area contributed by atoms with Gasteiger partial charge >= 0.3 is 0 Å². The third kappa shape index (κ3) is 4.04. The lowest BCUT2D eigenvalue weighted by Gasteiger charge is -2.25. The zero-order chi connectivity index (χ0) is 13.7. The van der Waals surface area contributed by atoms with Gasteiger partial charge in [0.15, 0.2) is 0 Å². The Morgan fingerprint density at radius 3 is 2.84 bits per heavy atom. The molecule has 3 N–H and O–H groups in total. The van der Waals surface area contributed by atoms with Gasteiger partial charge in [0.05, 0.1) is 18.2 Å². The predicted molar refractivity (Wildman–Crippen MR) is 74.7 cm³/mol. The standard InChI is InChI=1S/C15H22N2O2/c1-15(9-10-19-11-15)17-14(18)13(16)8-7-12-5-3-2-4-6-12/h2-6,13H,7-11,16H2,1H3,(H,17,18)/t13-,15?/m0/s1. The lowest BCUT2D eigenvalue weighted by molar-refractivity contribution is -0.124. The zero-order valence-corrected chi connectivity index (χ0v) is 11.4. The van der Waals surface area contributed by atoms with Gasteiger partial charge in [0.2, 0.25) is 5.91 Å². The van der Waals surface area contributed by atoms with Crippen LogP contribution in [0.15, 0.2) is 30.3 Å². The molecule has 19 heavy (non-hydrogen) atoms. The number of hydrogen-bond donors (Lipinski definition) is 2. The monoisotopic (exact) mass is 262 g/mol. The van der Waals surface area contributed by atoms with Gasteiger partial charge in [0.1, 0.15) is 0 Å². The van der Waals surface area contributed by atoms with Crippen LogP contribution in [0.4, 0.5) is 0 Å². The van der Waals surface area contributed by atoms with Crippen molar-refractivity contribution in [1.29, 1.82) is 0 Å². The van der Waals surface area contributed by atoms with E-state index in [9.17, 15) is 4.79 Å². The number of carbonyl (C=O) groups excluding carboxylic acids is 1. The Balaban J connectivity index is 1.79. The molecule has 0 spiro atoms. The summed E-state index contributed by atoms with van der Waals surface area (Å²) in [6.07, 6.45) is 2.33. The van der Waals surface area contributed by atoms with Crippen LogP contribution < -0.4 is 11.1 Å². The SMILES string of the molecule is CC1(NC(=O)[C@@H](N)CCc2ccccc2)CCOC1. The van der Waals surface area contributed by atoms with E-state index >= 15 is 0 Å². The molecule has 0 bridgehead atoms. The molecule has 2 rings (SSSR count). The van der Waals surface area contributed by atoms with Gasteiger partial charge in [-0.15, -0.1) is 0 Å². The van der Waals surface area contributed by atoms with E-state index in [-0.39, 0.29) is 11.4 Å². The molecule has 1 fully saturated rings. The second-order valence-corrected chi connectivity index (χ2v) is 5.48. The van der Waals surface area contributed by atoms with Crippen molar-refractivity contribution >= 4 is 5.91 Å². The molecule has 0 radical (unpaired) electrons. The fraction of sp³-hybridized carbons (Fsp3) is 0.533. The minimum Gasteiger partial charge on any atom is -0.379 e. The Morgan fingerprint density at radius 1 is 1.47 bits per heavy atom. The van der Waals surface area contributed by atoms with Crippen molar-refractivity contribution < 1.29 is 9.53 Å². The van der Waals surface area contributed by atoms with Gasteiger partial charge in [0.25, 0.3) is 0 Å². The van der Waals surface area contributed by atoms with E-state index in [1.54, 1.807) is 0 Å². The van der Waals surface area contributed by atoms with E-state index in [2.05, 4.69) is 17.4 Å². The molecule has 1 amide bonds. The number of hydrogen-bond acceptors (Lipinski definition) is 3. The summed E-state index contributed by atoms with van der Waals surface area (Å²) in [5.74, 6) is -0.0797. The van der Waals surface area contributed by atoms with Gasteiger partial charge in [-0.1, -0.05) is 30.3 Å². The molecule has 4 heteroatoms. The molecule has 0 aliphatic carbocycles. The molecular formula is C15H22N2O2. The first-order chi connectivity index (χ1) is 9.09. The van der Waals surface area contributed by atoms with Crippen LogP contribution in [0.5, 0.6) is 0 Å². The molecular weight excluding hydrogens is 240 g/mol. The second-order valence-electron chi connectivity index (χ2n) is 5.48. The normalized spacial score (nSPS) is 24.1. The minimum atomic E-state index is -0.461. The van der Waals surface area contributed by atoms with E-state index in [1.807, 2.05) is 25.1 Å². The number of aryl methyl sites for hydroxylation is 1. The van der Waals surface area contributed by atoms with E-state index in [4.69, 9.17) is 10.5 Å². The second kappa shape index (κ2) is 6.17. The summed E-state index contributed by atoms with van der Waals surface area (Å²) < 4.78 is 5.31. The minimum absolute atomic E-state index is 0.0797. The first kappa shape index (κ1) is 14.0. The highest BCUT2D eigenvalue weighted by atomic mass is 16.5. The van der Waals surface area contributed by atoms with Crippen molar-refractivity contribution in [1.82, 2.24) is 5.32 Å². The van der Waals surface area contributed by atoms with Gasteiger partial charge in [-0.05, 0) is 31.7 Å². The van der Waals surface area contributed by atoms with Crippen LogP contribution in [-0.2, 0) is 16.0 Å². The van der Waals surface area contributed by atoms with Crippen LogP contribution in [0, 0.1) is 0 Å². The molecule has 1 aromatic carbocycles. The molecule has 104 valence electrons. The van der Waals surface area contributed by atoms with E-state index in [1.165, 1.54) is 5.56 Å². The Labute approximate surface area is 114 Å². The smallest absolute Gasteiger partial charge is 0.237 e. The summed E-state index contributed by atoms with van der Waals surface area (Å²) >= 11 is 0. The highest BCUT2D eigenvalue weighted by Gasteiger charge is 2.32. The maximum atomic E-state index is 12.0. The van der Waals surface area contributed by atoms with Crippen LogP contribution in [0.3, 0.4) is 0 Å². The van der Waals surface area contributed by atoms with Crippen molar-refractivity contribution in [3.05, 3.63) is 35.9 Å². The molecule has 1 aliphatic heterocycles. The summed E-state index contributed by atoms with van der Waals surface area (Å²) in [5.41, 5.74) is 6.91. The average molecular weight is 262 g/mol. The summed E-state index contributed by atoms with van der Waals surface area (Å²) in [4.78, 5) is 12.0. The molecule has 4 nitrogen and oxygen atoms in total. The first-order valence-electron chi connectivity index (χ1n) is 6.78. The summed E-state index contributed by atoms with van der Waals surface area (Å²) in [6, 6.07) is 9.62. The van der Waals surface area contributed by atoms with Crippen LogP contribution in [0.2, 0.25) is 0 Å².